The number of benzene rings is 1. The van der Waals surface area contributed by atoms with Crippen LogP contribution in [0.1, 0.15) is 36.6 Å². The van der Waals surface area contributed by atoms with Gasteiger partial charge in [-0.25, -0.2) is 8.78 Å². The lowest BCUT2D eigenvalue weighted by atomic mass is 9.75. The van der Waals surface area contributed by atoms with Gasteiger partial charge in [0.15, 0.2) is 5.67 Å². The van der Waals surface area contributed by atoms with E-state index >= 15 is 4.39 Å². The molecule has 1 aromatic carbocycles. The molecule has 1 aromatic heterocycles. The molecule has 0 radical (unpaired) electrons. The van der Waals surface area contributed by atoms with Crippen molar-refractivity contribution in [1.29, 1.82) is 0 Å². The summed E-state index contributed by atoms with van der Waals surface area (Å²) in [6.45, 7) is 1.65. The summed E-state index contributed by atoms with van der Waals surface area (Å²) >= 11 is 5.95. The van der Waals surface area contributed by atoms with Crippen LogP contribution in [0.25, 0.3) is 0 Å². The Hall–Kier alpha value is -1.60. The Bertz CT molecular complexity index is 787. The minimum atomic E-state index is -2.10. The van der Waals surface area contributed by atoms with Crippen LogP contribution in [0.4, 0.5) is 8.78 Å². The second kappa shape index (κ2) is 6.61. The van der Waals surface area contributed by atoms with Crippen molar-refractivity contribution in [2.24, 2.45) is 0 Å². The van der Waals surface area contributed by atoms with Gasteiger partial charge in [-0.3, -0.25) is 10.3 Å². The van der Waals surface area contributed by atoms with E-state index in [0.29, 0.717) is 5.56 Å². The third-order valence-electron chi connectivity index (χ3n) is 4.68. The molecule has 0 spiro atoms. The van der Waals surface area contributed by atoms with Gasteiger partial charge in [-0.05, 0) is 43.5 Å². The molecule has 0 bridgehead atoms. The number of pyridine rings is 1. The highest BCUT2D eigenvalue weighted by atomic mass is 35.5. The number of hydrogen-bond acceptors (Lipinski definition) is 4. The molecule has 1 unspecified atom stereocenters. The van der Waals surface area contributed by atoms with E-state index in [2.05, 4.69) is 10.3 Å². The summed E-state index contributed by atoms with van der Waals surface area (Å²) in [6.07, 6.45) is 0.0118. The Morgan fingerprint density at radius 3 is 2.84 bits per heavy atom. The van der Waals surface area contributed by atoms with Gasteiger partial charge < -0.3 is 10.2 Å². The number of nitrogens with zero attached hydrogens (tertiary/aromatic N) is 1. The first-order valence-electron chi connectivity index (χ1n) is 7.97. The van der Waals surface area contributed by atoms with Crippen LogP contribution in [0.15, 0.2) is 36.5 Å². The summed E-state index contributed by atoms with van der Waals surface area (Å²) in [7, 11) is 0. The molecule has 1 aliphatic rings. The Balaban J connectivity index is 1.83. The van der Waals surface area contributed by atoms with Crippen LogP contribution in [0, 0.1) is 5.82 Å². The lowest BCUT2D eigenvalue weighted by Crippen LogP contribution is -2.50. The summed E-state index contributed by atoms with van der Waals surface area (Å²) in [4.78, 5) is 4.10. The maximum absolute atomic E-state index is 15.6. The molecule has 0 amide bonds. The van der Waals surface area contributed by atoms with E-state index in [-0.39, 0.29) is 35.7 Å². The Labute approximate surface area is 149 Å². The van der Waals surface area contributed by atoms with Crippen LogP contribution in [0.2, 0.25) is 5.02 Å². The number of aliphatic hydroxyl groups is 2. The Morgan fingerprint density at radius 1 is 1.36 bits per heavy atom. The van der Waals surface area contributed by atoms with Crippen molar-refractivity contribution in [3.63, 3.8) is 0 Å². The molecule has 3 N–H and O–H groups in total. The van der Waals surface area contributed by atoms with Crippen LogP contribution < -0.4 is 5.32 Å². The Morgan fingerprint density at radius 2 is 2.12 bits per heavy atom. The van der Waals surface area contributed by atoms with Gasteiger partial charge in [-0.2, -0.15) is 0 Å². The molecule has 25 heavy (non-hydrogen) atoms. The zero-order chi connectivity index (χ0) is 18.2. The molecular formula is C18H19ClF2N2O2. The predicted octanol–water partition coefficient (Wildman–Crippen LogP) is 3.15. The molecule has 3 rings (SSSR count). The maximum atomic E-state index is 15.6. The minimum Gasteiger partial charge on any atom is -0.384 e. The molecule has 1 aliphatic carbocycles. The molecule has 4 nitrogen and oxygen atoms in total. The molecule has 0 saturated heterocycles. The summed E-state index contributed by atoms with van der Waals surface area (Å²) in [5.41, 5.74) is -2.41. The average Bonchev–Trinajstić information content (AvgIpc) is 2.58. The SMILES string of the molecule is C[C@]1(O)CC[C@@](F)(C(O)NCc2ccc(F)cc2Cl)c2cccnc21. The van der Waals surface area contributed by atoms with E-state index in [1.54, 1.807) is 13.0 Å². The highest BCUT2D eigenvalue weighted by molar-refractivity contribution is 6.31. The molecule has 0 fully saturated rings. The molecule has 7 heteroatoms. The van der Waals surface area contributed by atoms with Crippen molar-refractivity contribution in [2.75, 3.05) is 0 Å². The molecule has 0 aliphatic heterocycles. The van der Waals surface area contributed by atoms with Gasteiger partial charge in [0.05, 0.1) is 5.69 Å². The lowest BCUT2D eigenvalue weighted by molar-refractivity contribution is -0.0780. The van der Waals surface area contributed by atoms with Gasteiger partial charge >= 0.3 is 0 Å². The van der Waals surface area contributed by atoms with Crippen LogP contribution in [0.3, 0.4) is 0 Å². The van der Waals surface area contributed by atoms with Crippen LogP contribution >= 0.6 is 11.6 Å². The van der Waals surface area contributed by atoms with Gasteiger partial charge in [0.1, 0.15) is 17.6 Å². The van der Waals surface area contributed by atoms with Crippen molar-refractivity contribution in [3.05, 3.63) is 64.2 Å². The number of nitrogens with one attached hydrogen (secondary N) is 1. The van der Waals surface area contributed by atoms with Gasteiger partial charge in [-0.15, -0.1) is 0 Å². The minimum absolute atomic E-state index is 0.0655. The second-order valence-electron chi connectivity index (χ2n) is 6.56. The van der Waals surface area contributed by atoms with Crippen LogP contribution in [-0.4, -0.2) is 21.4 Å². The standard InChI is InChI=1S/C18H19ClF2N2O2/c1-17(25)6-7-18(21,13-3-2-8-22-15(13)17)16(24)23-10-11-4-5-12(20)9-14(11)19/h2-5,8-9,16,23-25H,6-7,10H2,1H3/t16?,17-,18-/m0/s1. The third kappa shape index (κ3) is 3.40. The quantitative estimate of drug-likeness (QED) is 0.725. The smallest absolute Gasteiger partial charge is 0.176 e. The number of aliphatic hydroxyl groups excluding tert-OH is 1. The largest absolute Gasteiger partial charge is 0.384 e. The van der Waals surface area contributed by atoms with Gasteiger partial charge in [0.2, 0.25) is 0 Å². The number of hydrogen-bond donors (Lipinski definition) is 3. The first-order chi connectivity index (χ1) is 11.7. The van der Waals surface area contributed by atoms with Crippen molar-refractivity contribution in [1.82, 2.24) is 10.3 Å². The molecule has 3 atom stereocenters. The Kier molecular flexibility index (Phi) is 4.81. The van der Waals surface area contributed by atoms with E-state index in [4.69, 9.17) is 11.6 Å². The zero-order valence-electron chi connectivity index (χ0n) is 13.6. The number of aromatic nitrogens is 1. The van der Waals surface area contributed by atoms with Gasteiger partial charge in [-0.1, -0.05) is 23.7 Å². The summed E-state index contributed by atoms with van der Waals surface area (Å²) in [5, 5.41) is 23.8. The second-order valence-corrected chi connectivity index (χ2v) is 6.96. The predicted molar refractivity (Wildman–Crippen MR) is 90.1 cm³/mol. The van der Waals surface area contributed by atoms with E-state index < -0.39 is 23.3 Å². The molecule has 2 aromatic rings. The van der Waals surface area contributed by atoms with Crippen molar-refractivity contribution in [2.45, 2.75) is 43.8 Å². The first-order valence-corrected chi connectivity index (χ1v) is 8.34. The topological polar surface area (TPSA) is 65.4 Å². The summed E-state index contributed by atoms with van der Waals surface area (Å²) < 4.78 is 28.7. The monoisotopic (exact) mass is 368 g/mol. The lowest BCUT2D eigenvalue weighted by Gasteiger charge is -2.41. The van der Waals surface area contributed by atoms with Crippen LogP contribution in [0.5, 0.6) is 0 Å². The van der Waals surface area contributed by atoms with Crippen molar-refractivity contribution in [3.8, 4) is 0 Å². The fraction of sp³-hybridized carbons (Fsp3) is 0.389. The molecule has 1 heterocycles. The number of rotatable bonds is 4. The summed E-state index contributed by atoms with van der Waals surface area (Å²) in [5.74, 6) is -0.467. The fourth-order valence-electron chi connectivity index (χ4n) is 3.17. The highest BCUT2D eigenvalue weighted by Crippen LogP contribution is 2.46. The van der Waals surface area contributed by atoms with E-state index in [9.17, 15) is 14.6 Å². The van der Waals surface area contributed by atoms with Crippen molar-refractivity contribution < 1.29 is 19.0 Å². The van der Waals surface area contributed by atoms with Gasteiger partial charge in [0, 0.05) is 23.3 Å². The average molecular weight is 369 g/mol. The van der Waals surface area contributed by atoms with Crippen LogP contribution in [-0.2, 0) is 17.8 Å². The van der Waals surface area contributed by atoms with Crippen molar-refractivity contribution >= 4 is 11.6 Å². The number of fused-ring (bicyclic) bond motifs is 1. The maximum Gasteiger partial charge on any atom is 0.176 e. The zero-order valence-corrected chi connectivity index (χ0v) is 14.4. The fourth-order valence-corrected chi connectivity index (χ4v) is 3.40. The van der Waals surface area contributed by atoms with Gasteiger partial charge in [0.25, 0.3) is 0 Å². The highest BCUT2D eigenvalue weighted by Gasteiger charge is 2.49. The van der Waals surface area contributed by atoms with E-state index in [0.717, 1.165) is 6.07 Å². The normalized spacial score (nSPS) is 27.0. The van der Waals surface area contributed by atoms with E-state index in [1.807, 2.05) is 0 Å². The molecule has 0 saturated carbocycles. The number of alkyl halides is 1. The number of halogens is 3. The molecule has 134 valence electrons. The third-order valence-corrected chi connectivity index (χ3v) is 5.03. The molecular weight excluding hydrogens is 350 g/mol. The van der Waals surface area contributed by atoms with E-state index in [1.165, 1.54) is 24.4 Å². The first kappa shape index (κ1) is 18.2. The summed E-state index contributed by atoms with van der Waals surface area (Å²) in [6, 6.07) is 6.97.